The molecule has 28 heavy (non-hydrogen) atoms. The number of methoxy groups -OCH3 is 2. The molecule has 6 heteroatoms. The van der Waals surface area contributed by atoms with E-state index in [0.29, 0.717) is 29.7 Å². The van der Waals surface area contributed by atoms with Gasteiger partial charge in [-0.2, -0.15) is 0 Å². The summed E-state index contributed by atoms with van der Waals surface area (Å²) in [7, 11) is 4.62. The van der Waals surface area contributed by atoms with E-state index in [0.717, 1.165) is 12.1 Å². The first-order valence-corrected chi connectivity index (χ1v) is 9.24. The molecule has 2 aromatic carbocycles. The molecule has 6 nitrogen and oxygen atoms in total. The van der Waals surface area contributed by atoms with Crippen molar-refractivity contribution < 1.29 is 14.3 Å². The van der Waals surface area contributed by atoms with Crippen LogP contribution in [0.2, 0.25) is 0 Å². The van der Waals surface area contributed by atoms with Gasteiger partial charge in [0.15, 0.2) is 5.96 Å². The minimum absolute atomic E-state index is 0.352. The summed E-state index contributed by atoms with van der Waals surface area (Å²) in [6.45, 7) is 5.56. The fourth-order valence-electron chi connectivity index (χ4n) is 2.89. The first-order chi connectivity index (χ1) is 13.5. The number of esters is 1. The normalized spacial score (nSPS) is 12.2. The van der Waals surface area contributed by atoms with E-state index in [2.05, 4.69) is 53.7 Å². The van der Waals surface area contributed by atoms with Crippen LogP contribution in [0.1, 0.15) is 39.9 Å². The maximum absolute atomic E-state index is 11.9. The SMILES string of the molecule is CN=C(NCc1ccc(OC)c(C(=O)OC)c1)NCC(C)c1cccc(C)c1. The Morgan fingerprint density at radius 2 is 1.93 bits per heavy atom. The molecule has 0 saturated carbocycles. The predicted molar refractivity (Wildman–Crippen MR) is 112 cm³/mol. The highest BCUT2D eigenvalue weighted by Crippen LogP contribution is 2.21. The van der Waals surface area contributed by atoms with Crippen LogP contribution in [0.3, 0.4) is 0 Å². The molecule has 2 rings (SSSR count). The van der Waals surface area contributed by atoms with Crippen LogP contribution in [0, 0.1) is 6.92 Å². The van der Waals surface area contributed by atoms with E-state index in [1.54, 1.807) is 19.2 Å². The van der Waals surface area contributed by atoms with Gasteiger partial charge in [0, 0.05) is 20.1 Å². The molecular formula is C22H29N3O3. The van der Waals surface area contributed by atoms with E-state index in [9.17, 15) is 4.79 Å². The van der Waals surface area contributed by atoms with Crippen LogP contribution < -0.4 is 15.4 Å². The van der Waals surface area contributed by atoms with Crippen LogP contribution in [-0.2, 0) is 11.3 Å². The Labute approximate surface area is 167 Å². The fourth-order valence-corrected chi connectivity index (χ4v) is 2.89. The number of rotatable bonds is 7. The standard InChI is InChI=1S/C22H29N3O3/c1-15-7-6-8-18(11-15)16(2)13-24-22(23-3)25-14-17-9-10-20(27-4)19(12-17)21(26)28-5/h6-12,16H,13-14H2,1-5H3,(H2,23,24,25). The minimum atomic E-state index is -0.423. The Bertz CT molecular complexity index is 834. The van der Waals surface area contributed by atoms with Crippen LogP contribution in [0.5, 0.6) is 5.75 Å². The molecule has 2 aromatic rings. The molecule has 0 aliphatic heterocycles. The van der Waals surface area contributed by atoms with Gasteiger partial charge in [0.2, 0.25) is 0 Å². The van der Waals surface area contributed by atoms with Gasteiger partial charge in [-0.25, -0.2) is 4.79 Å². The average molecular weight is 383 g/mol. The monoisotopic (exact) mass is 383 g/mol. The first kappa shape index (κ1) is 21.3. The molecule has 2 N–H and O–H groups in total. The maximum atomic E-state index is 11.9. The molecule has 0 spiro atoms. The van der Waals surface area contributed by atoms with Gasteiger partial charge in [0.25, 0.3) is 0 Å². The largest absolute Gasteiger partial charge is 0.496 e. The molecule has 0 heterocycles. The molecule has 150 valence electrons. The summed E-state index contributed by atoms with van der Waals surface area (Å²) < 4.78 is 10.0. The van der Waals surface area contributed by atoms with Crippen molar-refractivity contribution in [3.63, 3.8) is 0 Å². The Hall–Kier alpha value is -3.02. The quantitative estimate of drug-likeness (QED) is 0.436. The van der Waals surface area contributed by atoms with Gasteiger partial charge in [0.05, 0.1) is 14.2 Å². The summed E-state index contributed by atoms with van der Waals surface area (Å²) in [4.78, 5) is 16.2. The number of aryl methyl sites for hydroxylation is 1. The molecule has 1 unspecified atom stereocenters. The fraction of sp³-hybridized carbons (Fsp3) is 0.364. The second-order valence-electron chi connectivity index (χ2n) is 6.65. The van der Waals surface area contributed by atoms with Gasteiger partial charge in [-0.15, -0.1) is 0 Å². The van der Waals surface area contributed by atoms with Crippen LogP contribution in [0.4, 0.5) is 0 Å². The number of hydrogen-bond acceptors (Lipinski definition) is 4. The summed E-state index contributed by atoms with van der Waals surface area (Å²) >= 11 is 0. The van der Waals surface area contributed by atoms with Gasteiger partial charge in [0.1, 0.15) is 11.3 Å². The summed E-state index contributed by atoms with van der Waals surface area (Å²) in [6, 6.07) is 14.0. The van der Waals surface area contributed by atoms with Crippen molar-refractivity contribution >= 4 is 11.9 Å². The van der Waals surface area contributed by atoms with Crippen molar-refractivity contribution in [3.05, 3.63) is 64.7 Å². The number of benzene rings is 2. The molecule has 0 fully saturated rings. The molecule has 0 aromatic heterocycles. The molecule has 0 aliphatic carbocycles. The third-order valence-corrected chi connectivity index (χ3v) is 4.54. The van der Waals surface area contributed by atoms with E-state index in [4.69, 9.17) is 9.47 Å². The molecule has 0 saturated heterocycles. The Morgan fingerprint density at radius 1 is 1.14 bits per heavy atom. The lowest BCUT2D eigenvalue weighted by Crippen LogP contribution is -2.38. The van der Waals surface area contributed by atoms with Crippen LogP contribution in [-0.4, -0.2) is 39.7 Å². The van der Waals surface area contributed by atoms with E-state index < -0.39 is 5.97 Å². The van der Waals surface area contributed by atoms with Crippen molar-refractivity contribution in [2.75, 3.05) is 27.8 Å². The molecule has 1 atom stereocenters. The first-order valence-electron chi connectivity index (χ1n) is 9.24. The van der Waals surface area contributed by atoms with Gasteiger partial charge in [-0.3, -0.25) is 4.99 Å². The summed E-state index contributed by atoms with van der Waals surface area (Å²) in [6.07, 6.45) is 0. The summed E-state index contributed by atoms with van der Waals surface area (Å²) in [5, 5.41) is 6.62. The maximum Gasteiger partial charge on any atom is 0.341 e. The zero-order chi connectivity index (χ0) is 20.5. The van der Waals surface area contributed by atoms with E-state index in [1.807, 2.05) is 6.07 Å². The van der Waals surface area contributed by atoms with E-state index in [1.165, 1.54) is 25.3 Å². The number of ether oxygens (including phenoxy) is 2. The van der Waals surface area contributed by atoms with Gasteiger partial charge >= 0.3 is 5.97 Å². The van der Waals surface area contributed by atoms with E-state index >= 15 is 0 Å². The topological polar surface area (TPSA) is 72.0 Å². The molecule has 0 bridgehead atoms. The highest BCUT2D eigenvalue weighted by Gasteiger charge is 2.13. The lowest BCUT2D eigenvalue weighted by atomic mass is 9.99. The van der Waals surface area contributed by atoms with Gasteiger partial charge < -0.3 is 20.1 Å². The highest BCUT2D eigenvalue weighted by atomic mass is 16.5. The number of nitrogens with one attached hydrogen (secondary N) is 2. The lowest BCUT2D eigenvalue weighted by molar-refractivity contribution is 0.0597. The third-order valence-electron chi connectivity index (χ3n) is 4.54. The molecule has 0 aliphatic rings. The summed E-state index contributed by atoms with van der Waals surface area (Å²) in [5.41, 5.74) is 3.88. The molecule has 0 amide bonds. The number of carbonyl (C=O) groups excluding carboxylic acids is 1. The zero-order valence-corrected chi connectivity index (χ0v) is 17.2. The third kappa shape index (κ3) is 5.74. The van der Waals surface area contributed by atoms with Gasteiger partial charge in [-0.1, -0.05) is 42.8 Å². The van der Waals surface area contributed by atoms with Crippen LogP contribution >= 0.6 is 0 Å². The van der Waals surface area contributed by atoms with Crippen molar-refractivity contribution in [1.82, 2.24) is 10.6 Å². The van der Waals surface area contributed by atoms with Crippen LogP contribution in [0.25, 0.3) is 0 Å². The van der Waals surface area contributed by atoms with Crippen molar-refractivity contribution in [2.45, 2.75) is 26.3 Å². The predicted octanol–water partition coefficient (Wildman–Crippen LogP) is 3.26. The molecular weight excluding hydrogens is 354 g/mol. The lowest BCUT2D eigenvalue weighted by Gasteiger charge is -2.17. The zero-order valence-electron chi connectivity index (χ0n) is 17.2. The van der Waals surface area contributed by atoms with Crippen molar-refractivity contribution in [3.8, 4) is 5.75 Å². The number of carbonyl (C=O) groups is 1. The Balaban J connectivity index is 1.96. The number of aliphatic imine (C=N–C) groups is 1. The number of nitrogens with zero attached hydrogens (tertiary/aromatic N) is 1. The second-order valence-corrected chi connectivity index (χ2v) is 6.65. The Morgan fingerprint density at radius 3 is 2.57 bits per heavy atom. The van der Waals surface area contributed by atoms with Gasteiger partial charge in [-0.05, 0) is 36.1 Å². The number of guanidine groups is 1. The highest BCUT2D eigenvalue weighted by molar-refractivity contribution is 5.92. The van der Waals surface area contributed by atoms with E-state index in [-0.39, 0.29) is 0 Å². The van der Waals surface area contributed by atoms with Crippen LogP contribution in [0.15, 0.2) is 47.5 Å². The Kier molecular flexibility index (Phi) is 7.87. The average Bonchev–Trinajstić information content (AvgIpc) is 2.72. The van der Waals surface area contributed by atoms with Crippen molar-refractivity contribution in [1.29, 1.82) is 0 Å². The minimum Gasteiger partial charge on any atom is -0.496 e. The molecule has 0 radical (unpaired) electrons. The smallest absolute Gasteiger partial charge is 0.341 e. The summed E-state index contributed by atoms with van der Waals surface area (Å²) in [5.74, 6) is 1.12. The van der Waals surface area contributed by atoms with Crippen molar-refractivity contribution in [2.24, 2.45) is 4.99 Å². The number of hydrogen-bond donors (Lipinski definition) is 2. The second kappa shape index (κ2) is 10.3.